The second kappa shape index (κ2) is 19.4. The first-order chi connectivity index (χ1) is 30.4. The molecule has 10 heteroatoms. The molecule has 0 aliphatic heterocycles. The Morgan fingerprint density at radius 2 is 1.05 bits per heavy atom. The van der Waals surface area contributed by atoms with E-state index in [-0.39, 0.29) is 73.2 Å². The quantitative estimate of drug-likeness (QED) is 0.0470. The molecule has 0 saturated heterocycles. The summed E-state index contributed by atoms with van der Waals surface area (Å²) in [5.74, 6) is 0.00167. The number of carbonyl (C=O) groups is 3. The van der Waals surface area contributed by atoms with Crippen LogP contribution in [0.15, 0.2) is 60.7 Å². The first-order valence-corrected chi connectivity index (χ1v) is 23.9. The van der Waals surface area contributed by atoms with Crippen molar-refractivity contribution in [2.45, 2.75) is 161 Å². The minimum Gasteiger partial charge on any atom is -0.462 e. The second-order valence-electron chi connectivity index (χ2n) is 21.0. The van der Waals surface area contributed by atoms with Crippen molar-refractivity contribution in [2.24, 2.45) is 22.7 Å². The molecule has 2 saturated carbocycles. The van der Waals surface area contributed by atoms with Gasteiger partial charge >= 0.3 is 17.9 Å². The third-order valence-electron chi connectivity index (χ3n) is 16.0. The Balaban J connectivity index is 0.806. The van der Waals surface area contributed by atoms with Gasteiger partial charge < -0.3 is 24.4 Å². The molecule has 2 N–H and O–H groups in total. The Bertz CT molecular complexity index is 2150. The van der Waals surface area contributed by atoms with Crippen molar-refractivity contribution >= 4 is 17.9 Å². The fraction of sp³-hybridized carbons (Fsp3) is 0.611. The molecule has 4 aliphatic rings. The lowest BCUT2D eigenvalue weighted by Gasteiger charge is -2.54. The van der Waals surface area contributed by atoms with E-state index in [4.69, 9.17) is 24.0 Å². The van der Waals surface area contributed by atoms with Gasteiger partial charge in [0.2, 0.25) is 0 Å². The molecule has 7 rings (SSSR count). The highest BCUT2D eigenvalue weighted by Gasteiger charge is 2.57. The Labute approximate surface area is 380 Å². The summed E-state index contributed by atoms with van der Waals surface area (Å²) in [7, 11) is 0. The van der Waals surface area contributed by atoms with Crippen LogP contribution in [0.3, 0.4) is 0 Å². The van der Waals surface area contributed by atoms with Gasteiger partial charge in [-0.25, -0.2) is 14.6 Å². The van der Waals surface area contributed by atoms with Gasteiger partial charge in [0.05, 0.1) is 16.4 Å². The standard InChI is InChI=1S/C54H72O10/c1-34(2)38-15-19-44-40(27-38)17-21-46-51(44,5)23-9-25-53(46,7)49(58)61-31-42(55)30-60-48(57)37-13-11-36(12-14-37)29-63-64-33-43(56)32-62-50(59)54(8)26-10-24-52(6)45-20-16-39(35(3)4)28-41(45)18-22-47(52)54/h11-16,19-20,27-28,34-35,42-43,46-47,55-56H,9-10,17-18,21-26,29-33H2,1-8H3. The van der Waals surface area contributed by atoms with Crippen molar-refractivity contribution in [3.05, 3.63) is 105 Å². The molecule has 3 aromatic rings. The number of aliphatic hydroxyl groups is 2. The van der Waals surface area contributed by atoms with E-state index in [1.54, 1.807) is 24.3 Å². The molecule has 0 heterocycles. The van der Waals surface area contributed by atoms with Gasteiger partial charge in [0.15, 0.2) is 0 Å². The van der Waals surface area contributed by atoms with Crippen molar-refractivity contribution < 1.29 is 48.6 Å². The van der Waals surface area contributed by atoms with E-state index in [0.717, 1.165) is 64.2 Å². The van der Waals surface area contributed by atoms with E-state index >= 15 is 0 Å². The van der Waals surface area contributed by atoms with E-state index in [1.165, 1.54) is 33.4 Å². The van der Waals surface area contributed by atoms with Crippen LogP contribution in [0, 0.1) is 22.7 Å². The predicted octanol–water partition coefficient (Wildman–Crippen LogP) is 9.77. The maximum Gasteiger partial charge on any atom is 0.338 e. The average Bonchev–Trinajstić information content (AvgIpc) is 3.27. The summed E-state index contributed by atoms with van der Waals surface area (Å²) in [5.41, 5.74) is 7.62. The van der Waals surface area contributed by atoms with Crippen molar-refractivity contribution in [2.75, 3.05) is 26.4 Å². The molecule has 348 valence electrons. The van der Waals surface area contributed by atoms with E-state index in [1.807, 2.05) is 13.8 Å². The molecule has 2 fully saturated rings. The van der Waals surface area contributed by atoms with Crippen molar-refractivity contribution in [1.82, 2.24) is 0 Å². The molecule has 10 nitrogen and oxygen atoms in total. The normalized spacial score (nSPS) is 28.2. The highest BCUT2D eigenvalue weighted by Crippen LogP contribution is 2.59. The van der Waals surface area contributed by atoms with Gasteiger partial charge in [-0.2, -0.15) is 0 Å². The van der Waals surface area contributed by atoms with Crippen LogP contribution in [0.25, 0.3) is 0 Å². The molecule has 0 amide bonds. The first-order valence-electron chi connectivity index (χ1n) is 23.9. The number of esters is 3. The number of rotatable bonds is 16. The predicted molar refractivity (Wildman–Crippen MR) is 245 cm³/mol. The Hall–Kier alpha value is -4.09. The van der Waals surface area contributed by atoms with Gasteiger partial charge in [-0.3, -0.25) is 9.59 Å². The minimum atomic E-state index is -1.17. The molecule has 0 radical (unpaired) electrons. The third-order valence-corrected chi connectivity index (χ3v) is 16.0. The smallest absolute Gasteiger partial charge is 0.338 e. The molecule has 0 bridgehead atoms. The Morgan fingerprint density at radius 1 is 0.594 bits per heavy atom. The van der Waals surface area contributed by atoms with Crippen molar-refractivity contribution in [3.63, 3.8) is 0 Å². The molecule has 4 aliphatic carbocycles. The maximum absolute atomic E-state index is 13.7. The molecule has 8 atom stereocenters. The molecular formula is C54H72O10. The fourth-order valence-corrected chi connectivity index (χ4v) is 12.2. The maximum atomic E-state index is 13.7. The van der Waals surface area contributed by atoms with Gasteiger partial charge in [0.25, 0.3) is 0 Å². The molecule has 8 unspecified atom stereocenters. The topological polar surface area (TPSA) is 138 Å². The molecule has 0 spiro atoms. The van der Waals surface area contributed by atoms with Crippen LogP contribution in [0.2, 0.25) is 0 Å². The lowest BCUT2D eigenvalue weighted by molar-refractivity contribution is -0.315. The molecule has 64 heavy (non-hydrogen) atoms. The molecule has 3 aromatic carbocycles. The Kier molecular flexibility index (Phi) is 14.5. The van der Waals surface area contributed by atoms with E-state index < -0.39 is 29.0 Å². The zero-order valence-electron chi connectivity index (χ0n) is 39.5. The number of benzene rings is 3. The van der Waals surface area contributed by atoms with Gasteiger partial charge in [-0.15, -0.1) is 0 Å². The number of carbonyl (C=O) groups excluding carboxylic acids is 3. The third kappa shape index (κ3) is 9.58. The van der Waals surface area contributed by atoms with Crippen LogP contribution in [0.1, 0.15) is 168 Å². The lowest BCUT2D eigenvalue weighted by Crippen LogP contribution is -2.53. The number of aryl methyl sites for hydroxylation is 2. The van der Waals surface area contributed by atoms with Gasteiger partial charge in [-0.05, 0) is 151 Å². The van der Waals surface area contributed by atoms with Crippen LogP contribution < -0.4 is 0 Å². The average molecular weight is 881 g/mol. The second-order valence-corrected chi connectivity index (χ2v) is 21.0. The molecular weight excluding hydrogens is 809 g/mol. The monoisotopic (exact) mass is 881 g/mol. The summed E-state index contributed by atoms with van der Waals surface area (Å²) in [5, 5.41) is 21.3. The minimum absolute atomic E-state index is 0.0505. The van der Waals surface area contributed by atoms with Crippen molar-refractivity contribution in [1.29, 1.82) is 0 Å². The highest BCUT2D eigenvalue weighted by molar-refractivity contribution is 5.89. The fourth-order valence-electron chi connectivity index (χ4n) is 12.2. The molecule has 0 aromatic heterocycles. The lowest BCUT2D eigenvalue weighted by atomic mass is 9.49. The summed E-state index contributed by atoms with van der Waals surface area (Å²) >= 11 is 0. The summed E-state index contributed by atoms with van der Waals surface area (Å²) in [6, 6.07) is 20.3. The number of fused-ring (bicyclic) bond motifs is 6. The van der Waals surface area contributed by atoms with Crippen LogP contribution in [-0.2, 0) is 63.9 Å². The SMILES string of the molecule is CC(C)c1ccc2c(c1)CCC1C(C)(C(=O)OCC(O)COOCc3ccc(C(=O)OCC(O)COC(=O)C4(C)CCCC5(C)c6ccc(C(C)C)cc6CCC45)cc3)CCCC21C. The van der Waals surface area contributed by atoms with E-state index in [9.17, 15) is 24.6 Å². The summed E-state index contributed by atoms with van der Waals surface area (Å²) in [6.07, 6.45) is 6.87. The van der Waals surface area contributed by atoms with E-state index in [2.05, 4.69) is 77.9 Å². The van der Waals surface area contributed by atoms with Gasteiger partial charge in [0, 0.05) is 0 Å². The van der Waals surface area contributed by atoms with Gasteiger partial charge in [0.1, 0.15) is 45.2 Å². The van der Waals surface area contributed by atoms with Crippen LogP contribution in [0.5, 0.6) is 0 Å². The number of aliphatic hydroxyl groups excluding tert-OH is 2. The Morgan fingerprint density at radius 3 is 1.52 bits per heavy atom. The van der Waals surface area contributed by atoms with Crippen LogP contribution in [-0.4, -0.2) is 66.8 Å². The van der Waals surface area contributed by atoms with Crippen molar-refractivity contribution in [3.8, 4) is 0 Å². The van der Waals surface area contributed by atoms with Crippen LogP contribution in [0.4, 0.5) is 0 Å². The van der Waals surface area contributed by atoms with E-state index in [0.29, 0.717) is 17.4 Å². The largest absolute Gasteiger partial charge is 0.462 e. The number of hydrogen-bond acceptors (Lipinski definition) is 10. The summed E-state index contributed by atoms with van der Waals surface area (Å²) in [4.78, 5) is 50.8. The first kappa shape index (κ1) is 47.9. The summed E-state index contributed by atoms with van der Waals surface area (Å²) < 4.78 is 16.9. The zero-order valence-corrected chi connectivity index (χ0v) is 39.5. The zero-order chi connectivity index (χ0) is 46.0. The van der Waals surface area contributed by atoms with Crippen LogP contribution >= 0.6 is 0 Å². The van der Waals surface area contributed by atoms with Gasteiger partial charge in [-0.1, -0.05) is 103 Å². The summed E-state index contributed by atoms with van der Waals surface area (Å²) in [6.45, 7) is 16.6. The highest BCUT2D eigenvalue weighted by atomic mass is 17.2. The number of ether oxygens (including phenoxy) is 3. The number of hydrogen-bond donors (Lipinski definition) is 2.